The quantitative estimate of drug-likeness (QED) is 0.439. The van der Waals surface area contributed by atoms with E-state index >= 15 is 0 Å². The number of aryl methyl sites for hydroxylation is 1. The number of benzene rings is 1. The molecule has 1 atom stereocenters. The number of rotatable bonds is 5. The van der Waals surface area contributed by atoms with Crippen molar-refractivity contribution < 1.29 is 14.3 Å². The number of esters is 1. The van der Waals surface area contributed by atoms with Crippen LogP contribution in [0.4, 0.5) is 5.00 Å². The summed E-state index contributed by atoms with van der Waals surface area (Å²) < 4.78 is 5.25. The van der Waals surface area contributed by atoms with Gasteiger partial charge in [-0.25, -0.2) is 4.79 Å². The second-order valence-electron chi connectivity index (χ2n) is 6.65. The van der Waals surface area contributed by atoms with Crippen molar-refractivity contribution in [1.82, 2.24) is 0 Å². The Morgan fingerprint density at radius 1 is 1.36 bits per heavy atom. The second kappa shape index (κ2) is 9.12. The molecular weight excluding hydrogens is 417 g/mol. The van der Waals surface area contributed by atoms with Gasteiger partial charge >= 0.3 is 5.97 Å². The van der Waals surface area contributed by atoms with Crippen LogP contribution in [0.2, 0.25) is 10.0 Å². The molecule has 7 heteroatoms. The fraction of sp³-hybridized carbons (Fsp3) is 0.333. The number of thiophene rings is 1. The van der Waals surface area contributed by atoms with Gasteiger partial charge in [0.15, 0.2) is 0 Å². The topological polar surface area (TPSA) is 55.4 Å². The van der Waals surface area contributed by atoms with Gasteiger partial charge in [0.25, 0.3) is 0 Å². The summed E-state index contributed by atoms with van der Waals surface area (Å²) in [6.07, 6.45) is 6.04. The van der Waals surface area contributed by atoms with Crippen LogP contribution < -0.4 is 5.32 Å². The first-order chi connectivity index (χ1) is 13.4. The van der Waals surface area contributed by atoms with Gasteiger partial charge < -0.3 is 10.1 Å². The highest BCUT2D eigenvalue weighted by Gasteiger charge is 2.30. The van der Waals surface area contributed by atoms with Crippen LogP contribution in [0.1, 0.15) is 59.0 Å². The first-order valence-electron chi connectivity index (χ1n) is 9.17. The molecule has 1 N–H and O–H groups in total. The zero-order chi connectivity index (χ0) is 20.3. The lowest BCUT2D eigenvalue weighted by Crippen LogP contribution is -2.15. The lowest BCUT2D eigenvalue weighted by molar-refractivity contribution is -0.111. The molecular formula is C21H21Cl2NO3S. The minimum Gasteiger partial charge on any atom is -0.462 e. The summed E-state index contributed by atoms with van der Waals surface area (Å²) in [5, 5.41) is 4.40. The van der Waals surface area contributed by atoms with Crippen LogP contribution in [-0.2, 0) is 16.0 Å². The average molecular weight is 438 g/mol. The summed E-state index contributed by atoms with van der Waals surface area (Å²) in [5.74, 6) is -0.440. The highest BCUT2D eigenvalue weighted by Crippen LogP contribution is 2.43. The molecule has 1 aromatic carbocycles. The average Bonchev–Trinajstić information content (AvgIpc) is 3.00. The van der Waals surface area contributed by atoms with E-state index in [-0.39, 0.29) is 17.8 Å². The molecule has 0 saturated carbocycles. The van der Waals surface area contributed by atoms with E-state index in [1.807, 2.05) is 0 Å². The first kappa shape index (κ1) is 20.9. The van der Waals surface area contributed by atoms with Gasteiger partial charge in [-0.15, -0.1) is 11.3 Å². The minimum absolute atomic E-state index is 0.272. The van der Waals surface area contributed by atoms with E-state index in [1.165, 1.54) is 17.4 Å². The smallest absolute Gasteiger partial charge is 0.341 e. The van der Waals surface area contributed by atoms with Gasteiger partial charge in [0.2, 0.25) is 5.91 Å². The summed E-state index contributed by atoms with van der Waals surface area (Å²) in [7, 11) is 0. The lowest BCUT2D eigenvalue weighted by Gasteiger charge is -2.19. The molecule has 3 rings (SSSR count). The van der Waals surface area contributed by atoms with E-state index in [1.54, 1.807) is 31.2 Å². The Kier molecular flexibility index (Phi) is 6.81. The summed E-state index contributed by atoms with van der Waals surface area (Å²) in [6, 6.07) is 5.07. The third-order valence-electron chi connectivity index (χ3n) is 4.65. The molecule has 0 fully saturated rings. The third-order valence-corrected chi connectivity index (χ3v) is 6.39. The molecule has 0 bridgehead atoms. The predicted molar refractivity (Wildman–Crippen MR) is 116 cm³/mol. The monoisotopic (exact) mass is 437 g/mol. The molecule has 0 spiro atoms. The van der Waals surface area contributed by atoms with E-state index in [0.717, 1.165) is 29.7 Å². The zero-order valence-corrected chi connectivity index (χ0v) is 18.0. The molecule has 1 heterocycles. The Labute approximate surface area is 178 Å². The number of ether oxygens (including phenoxy) is 1. The van der Waals surface area contributed by atoms with E-state index < -0.39 is 0 Å². The Hall–Kier alpha value is -1.82. The Morgan fingerprint density at radius 3 is 2.86 bits per heavy atom. The molecule has 1 amide bonds. The molecule has 0 saturated heterocycles. The number of carbonyl (C=O) groups is 2. The van der Waals surface area contributed by atoms with Crippen LogP contribution in [0, 0.1) is 0 Å². The number of hydrogen-bond donors (Lipinski definition) is 1. The van der Waals surface area contributed by atoms with Crippen LogP contribution in [0.5, 0.6) is 0 Å². The van der Waals surface area contributed by atoms with Crippen molar-refractivity contribution in [2.24, 2.45) is 0 Å². The van der Waals surface area contributed by atoms with Crippen molar-refractivity contribution in [3.8, 4) is 0 Å². The molecule has 28 heavy (non-hydrogen) atoms. The number of anilines is 1. The van der Waals surface area contributed by atoms with Gasteiger partial charge in [0, 0.05) is 21.0 Å². The largest absolute Gasteiger partial charge is 0.462 e. The molecule has 0 aliphatic heterocycles. The fourth-order valence-corrected chi connectivity index (χ4v) is 5.19. The molecule has 1 aliphatic rings. The molecule has 4 nitrogen and oxygen atoms in total. The SMILES string of the molecule is CCOC(=O)c1c(NC(=O)/C=C/c2ccc(Cl)cc2Cl)sc2c1C(C)CCC2. The van der Waals surface area contributed by atoms with Crippen molar-refractivity contribution in [1.29, 1.82) is 0 Å². The summed E-state index contributed by atoms with van der Waals surface area (Å²) in [5.41, 5.74) is 2.21. The van der Waals surface area contributed by atoms with Crippen LogP contribution in [0.15, 0.2) is 24.3 Å². The van der Waals surface area contributed by atoms with E-state index in [2.05, 4.69) is 12.2 Å². The Bertz CT molecular complexity index is 936. The van der Waals surface area contributed by atoms with Crippen molar-refractivity contribution in [2.45, 2.75) is 39.0 Å². The van der Waals surface area contributed by atoms with E-state index in [4.69, 9.17) is 27.9 Å². The van der Waals surface area contributed by atoms with Gasteiger partial charge in [0.1, 0.15) is 5.00 Å². The molecule has 1 aromatic heterocycles. The number of carbonyl (C=O) groups excluding carboxylic acids is 2. The highest BCUT2D eigenvalue weighted by atomic mass is 35.5. The van der Waals surface area contributed by atoms with Gasteiger partial charge in [0.05, 0.1) is 12.2 Å². The normalized spacial score (nSPS) is 16.1. The second-order valence-corrected chi connectivity index (χ2v) is 8.59. The molecule has 0 radical (unpaired) electrons. The summed E-state index contributed by atoms with van der Waals surface area (Å²) in [4.78, 5) is 26.2. The number of halogens is 2. The van der Waals surface area contributed by atoms with Crippen LogP contribution in [0.3, 0.4) is 0 Å². The molecule has 1 unspecified atom stereocenters. The van der Waals surface area contributed by atoms with Crippen molar-refractivity contribution in [3.05, 3.63) is 55.9 Å². The third kappa shape index (κ3) is 4.59. The van der Waals surface area contributed by atoms with Gasteiger partial charge in [-0.05, 0) is 61.4 Å². The van der Waals surface area contributed by atoms with Gasteiger partial charge in [-0.1, -0.05) is 36.2 Å². The summed E-state index contributed by atoms with van der Waals surface area (Å²) in [6.45, 7) is 4.18. The standard InChI is InChI=1S/C21H21Cl2NO3S/c1-3-27-21(26)19-18-12(2)5-4-6-16(18)28-20(19)24-17(25)10-8-13-7-9-14(22)11-15(13)23/h7-12H,3-6H2,1-2H3,(H,24,25)/b10-8+. The van der Waals surface area contributed by atoms with Crippen LogP contribution >= 0.6 is 34.5 Å². The van der Waals surface area contributed by atoms with Crippen molar-refractivity contribution in [2.75, 3.05) is 11.9 Å². The number of fused-ring (bicyclic) bond motifs is 1. The maximum Gasteiger partial charge on any atom is 0.341 e. The van der Waals surface area contributed by atoms with Crippen molar-refractivity contribution in [3.63, 3.8) is 0 Å². The van der Waals surface area contributed by atoms with Crippen LogP contribution in [-0.4, -0.2) is 18.5 Å². The van der Waals surface area contributed by atoms with Gasteiger partial charge in [-0.3, -0.25) is 4.79 Å². The van der Waals surface area contributed by atoms with Crippen LogP contribution in [0.25, 0.3) is 6.08 Å². The highest BCUT2D eigenvalue weighted by molar-refractivity contribution is 7.17. The fourth-order valence-electron chi connectivity index (χ4n) is 3.36. The zero-order valence-electron chi connectivity index (χ0n) is 15.7. The maximum absolute atomic E-state index is 12.6. The van der Waals surface area contributed by atoms with Crippen molar-refractivity contribution >= 4 is 57.5 Å². The molecule has 1 aliphatic carbocycles. The number of nitrogens with one attached hydrogen (secondary N) is 1. The van der Waals surface area contributed by atoms with Gasteiger partial charge in [-0.2, -0.15) is 0 Å². The molecule has 148 valence electrons. The number of amides is 1. The Balaban J connectivity index is 1.86. The minimum atomic E-state index is -0.381. The predicted octanol–water partition coefficient (Wildman–Crippen LogP) is 6.32. The first-order valence-corrected chi connectivity index (χ1v) is 10.7. The lowest BCUT2D eigenvalue weighted by atomic mass is 9.86. The summed E-state index contributed by atoms with van der Waals surface area (Å²) >= 11 is 13.5. The van der Waals surface area contributed by atoms with E-state index in [9.17, 15) is 9.59 Å². The Morgan fingerprint density at radius 2 is 2.14 bits per heavy atom. The maximum atomic E-state index is 12.6. The number of hydrogen-bond acceptors (Lipinski definition) is 4. The van der Waals surface area contributed by atoms with E-state index in [0.29, 0.717) is 32.8 Å². The molecule has 2 aromatic rings.